The Kier molecular flexibility index (Phi) is 6.63. The monoisotopic (exact) mass is 254 g/mol. The van der Waals surface area contributed by atoms with Crippen LogP contribution in [-0.4, -0.2) is 35.3 Å². The van der Waals surface area contributed by atoms with Gasteiger partial charge in [0.25, 0.3) is 0 Å². The Balaban J connectivity index is 2.24. The summed E-state index contributed by atoms with van der Waals surface area (Å²) >= 11 is 5.57. The van der Waals surface area contributed by atoms with E-state index in [0.29, 0.717) is 12.3 Å². The van der Waals surface area contributed by atoms with Crippen LogP contribution in [0.15, 0.2) is 24.4 Å². The van der Waals surface area contributed by atoms with Gasteiger partial charge in [-0.05, 0) is 25.0 Å². The third-order valence-corrected chi connectivity index (χ3v) is 2.90. The van der Waals surface area contributed by atoms with Crippen molar-refractivity contribution in [2.75, 3.05) is 19.5 Å². The molecule has 0 aromatic carbocycles. The van der Waals surface area contributed by atoms with Gasteiger partial charge in [0.05, 0.1) is 0 Å². The summed E-state index contributed by atoms with van der Waals surface area (Å²) in [4.78, 5) is 17.7. The van der Waals surface area contributed by atoms with Gasteiger partial charge >= 0.3 is 0 Å². The number of halogens is 1. The lowest BCUT2D eigenvalue weighted by Gasteiger charge is -2.16. The maximum atomic E-state index is 11.7. The zero-order chi connectivity index (χ0) is 12.5. The Morgan fingerprint density at radius 3 is 2.88 bits per heavy atom. The van der Waals surface area contributed by atoms with Crippen molar-refractivity contribution < 1.29 is 4.79 Å². The highest BCUT2D eigenvalue weighted by Crippen LogP contribution is 2.02. The highest BCUT2D eigenvalue weighted by atomic mass is 35.5. The first kappa shape index (κ1) is 14.0. The summed E-state index contributed by atoms with van der Waals surface area (Å²) in [5.41, 5.74) is 1.02. The van der Waals surface area contributed by atoms with Crippen molar-refractivity contribution >= 4 is 17.5 Å². The molecule has 1 aromatic heterocycles. The Bertz CT molecular complexity index is 329. The molecule has 1 aromatic rings. The van der Waals surface area contributed by atoms with Crippen molar-refractivity contribution in [2.24, 2.45) is 0 Å². The molecule has 0 N–H and O–H groups in total. The molecule has 0 spiro atoms. The van der Waals surface area contributed by atoms with Gasteiger partial charge in [-0.25, -0.2) is 0 Å². The smallest absolute Gasteiger partial charge is 0.222 e. The zero-order valence-corrected chi connectivity index (χ0v) is 11.0. The normalized spacial score (nSPS) is 10.2. The number of carbonyl (C=O) groups excluding carboxylic acids is 1. The molecule has 17 heavy (non-hydrogen) atoms. The van der Waals surface area contributed by atoms with Crippen molar-refractivity contribution in [2.45, 2.75) is 25.7 Å². The Morgan fingerprint density at radius 2 is 2.24 bits per heavy atom. The Hall–Kier alpha value is -1.09. The summed E-state index contributed by atoms with van der Waals surface area (Å²) in [5, 5.41) is 0. The molecule has 1 rings (SSSR count). The van der Waals surface area contributed by atoms with Gasteiger partial charge in [0.15, 0.2) is 0 Å². The molecule has 0 radical (unpaired) electrons. The largest absolute Gasteiger partial charge is 0.345 e. The van der Waals surface area contributed by atoms with Crippen LogP contribution in [0.2, 0.25) is 0 Å². The van der Waals surface area contributed by atoms with Crippen LogP contribution in [0.25, 0.3) is 0 Å². The summed E-state index contributed by atoms with van der Waals surface area (Å²) in [6.45, 7) is 0.719. The number of aromatic nitrogens is 1. The number of carbonyl (C=O) groups is 1. The van der Waals surface area contributed by atoms with Crippen LogP contribution in [0.4, 0.5) is 0 Å². The first-order chi connectivity index (χ1) is 8.24. The molecule has 94 valence electrons. The number of unbranched alkanes of at least 4 members (excludes halogenated alkanes) is 1. The molecule has 0 fully saturated rings. The maximum Gasteiger partial charge on any atom is 0.222 e. The van der Waals surface area contributed by atoms with Gasteiger partial charge in [0, 0.05) is 44.2 Å². The number of pyridine rings is 1. The highest BCUT2D eigenvalue weighted by Gasteiger charge is 2.08. The number of rotatable bonds is 7. The third kappa shape index (κ3) is 5.68. The van der Waals surface area contributed by atoms with E-state index in [0.717, 1.165) is 31.5 Å². The fraction of sp³-hybridized carbons (Fsp3) is 0.538. The van der Waals surface area contributed by atoms with Crippen LogP contribution in [0.5, 0.6) is 0 Å². The van der Waals surface area contributed by atoms with Crippen molar-refractivity contribution in [3.05, 3.63) is 30.1 Å². The van der Waals surface area contributed by atoms with Crippen LogP contribution >= 0.6 is 11.6 Å². The number of alkyl halides is 1. The van der Waals surface area contributed by atoms with Gasteiger partial charge in [0.1, 0.15) is 0 Å². The first-order valence-corrected chi connectivity index (χ1v) is 6.47. The van der Waals surface area contributed by atoms with Gasteiger partial charge in [-0.3, -0.25) is 9.78 Å². The summed E-state index contributed by atoms with van der Waals surface area (Å²) in [6, 6.07) is 5.83. The summed E-state index contributed by atoms with van der Waals surface area (Å²) in [7, 11) is 1.84. The van der Waals surface area contributed by atoms with E-state index >= 15 is 0 Å². The molecule has 0 aliphatic rings. The fourth-order valence-corrected chi connectivity index (χ4v) is 1.70. The molecule has 1 amide bonds. The van der Waals surface area contributed by atoms with Gasteiger partial charge < -0.3 is 4.90 Å². The molecule has 0 saturated heterocycles. The molecule has 0 saturated carbocycles. The van der Waals surface area contributed by atoms with E-state index in [1.165, 1.54) is 0 Å². The van der Waals surface area contributed by atoms with E-state index in [4.69, 9.17) is 11.6 Å². The minimum absolute atomic E-state index is 0.186. The number of hydrogen-bond acceptors (Lipinski definition) is 2. The van der Waals surface area contributed by atoms with E-state index < -0.39 is 0 Å². The molecule has 4 heteroatoms. The molecule has 0 aliphatic heterocycles. The topological polar surface area (TPSA) is 33.2 Å². The minimum Gasteiger partial charge on any atom is -0.345 e. The van der Waals surface area contributed by atoms with Gasteiger partial charge in [-0.1, -0.05) is 6.07 Å². The third-order valence-electron chi connectivity index (χ3n) is 2.63. The van der Waals surface area contributed by atoms with Crippen molar-refractivity contribution in [3.8, 4) is 0 Å². The lowest BCUT2D eigenvalue weighted by Crippen LogP contribution is -2.28. The molecule has 0 bridgehead atoms. The van der Waals surface area contributed by atoms with Crippen molar-refractivity contribution in [1.82, 2.24) is 9.88 Å². The van der Waals surface area contributed by atoms with E-state index in [1.54, 1.807) is 11.1 Å². The number of hydrogen-bond donors (Lipinski definition) is 0. The van der Waals surface area contributed by atoms with Crippen LogP contribution in [0.1, 0.15) is 25.0 Å². The quantitative estimate of drug-likeness (QED) is 0.553. The second-order valence-electron chi connectivity index (χ2n) is 4.03. The van der Waals surface area contributed by atoms with Crippen LogP contribution in [-0.2, 0) is 11.2 Å². The maximum absolute atomic E-state index is 11.7. The van der Waals surface area contributed by atoms with Crippen LogP contribution in [0.3, 0.4) is 0 Å². The van der Waals surface area contributed by atoms with E-state index in [-0.39, 0.29) is 5.91 Å². The van der Waals surface area contributed by atoms with Crippen LogP contribution in [0, 0.1) is 0 Å². The molecule has 1 heterocycles. The summed E-state index contributed by atoms with van der Waals surface area (Å²) in [5.74, 6) is 0.816. The molecular formula is C13H19ClN2O. The molecule has 0 atom stereocenters. The summed E-state index contributed by atoms with van der Waals surface area (Å²) in [6.07, 6.45) is 4.94. The molecule has 3 nitrogen and oxygen atoms in total. The van der Waals surface area contributed by atoms with Gasteiger partial charge in [0.2, 0.25) is 5.91 Å². The predicted octanol–water partition coefficient (Wildman–Crippen LogP) is 2.49. The lowest BCUT2D eigenvalue weighted by atomic mass is 10.2. The van der Waals surface area contributed by atoms with E-state index in [2.05, 4.69) is 4.98 Å². The second-order valence-corrected chi connectivity index (χ2v) is 4.41. The van der Waals surface area contributed by atoms with Crippen LogP contribution < -0.4 is 0 Å². The SMILES string of the molecule is CN(CCc1ccccn1)C(=O)CCCCCl. The predicted molar refractivity (Wildman–Crippen MR) is 70.1 cm³/mol. The Labute approximate surface area is 108 Å². The highest BCUT2D eigenvalue weighted by molar-refractivity contribution is 6.17. The fourth-order valence-electron chi connectivity index (χ4n) is 1.51. The first-order valence-electron chi connectivity index (χ1n) is 5.94. The van der Waals surface area contributed by atoms with E-state index in [9.17, 15) is 4.79 Å². The molecule has 0 unspecified atom stereocenters. The standard InChI is InChI=1S/C13H19ClN2O/c1-16(13(17)7-2-4-9-14)11-8-12-6-3-5-10-15-12/h3,5-6,10H,2,4,7-9,11H2,1H3. The van der Waals surface area contributed by atoms with E-state index in [1.807, 2.05) is 25.2 Å². The Morgan fingerprint density at radius 1 is 1.41 bits per heavy atom. The van der Waals surface area contributed by atoms with Crippen molar-refractivity contribution in [1.29, 1.82) is 0 Å². The molecular weight excluding hydrogens is 236 g/mol. The minimum atomic E-state index is 0.186. The average molecular weight is 255 g/mol. The number of nitrogens with zero attached hydrogens (tertiary/aromatic N) is 2. The number of likely N-dealkylation sites (N-methyl/N-ethyl adjacent to an activating group) is 1. The average Bonchev–Trinajstić information content (AvgIpc) is 2.37. The number of amides is 1. The van der Waals surface area contributed by atoms with Gasteiger partial charge in [-0.2, -0.15) is 0 Å². The van der Waals surface area contributed by atoms with Crippen molar-refractivity contribution in [3.63, 3.8) is 0 Å². The second kappa shape index (κ2) is 8.07. The lowest BCUT2D eigenvalue weighted by molar-refractivity contribution is -0.129. The van der Waals surface area contributed by atoms with Gasteiger partial charge in [-0.15, -0.1) is 11.6 Å². The molecule has 0 aliphatic carbocycles. The zero-order valence-electron chi connectivity index (χ0n) is 10.2. The summed E-state index contributed by atoms with van der Waals surface area (Å²) < 4.78 is 0.